The van der Waals surface area contributed by atoms with Crippen molar-refractivity contribution in [2.45, 2.75) is 35.5 Å². The minimum atomic E-state index is -1.92. The molecular weight excluding hydrogens is 536 g/mol. The Morgan fingerprint density at radius 1 is 0.452 bits per heavy atom. The number of benzene rings is 4. The lowest BCUT2D eigenvalue weighted by Gasteiger charge is -2.28. The van der Waals surface area contributed by atoms with Crippen molar-refractivity contribution < 1.29 is 39.6 Å². The summed E-state index contributed by atoms with van der Waals surface area (Å²) < 4.78 is 0. The largest absolute Gasteiger partial charge is 0.480 e. The number of carbonyl (C=O) groups is 4. The summed E-state index contributed by atoms with van der Waals surface area (Å²) in [6, 6.07) is 31.8. The molecule has 2 unspecified atom stereocenters. The Morgan fingerprint density at radius 2 is 0.738 bits per heavy atom. The highest BCUT2D eigenvalue weighted by atomic mass is 16.4. The van der Waals surface area contributed by atoms with Crippen LogP contribution in [0.5, 0.6) is 0 Å². The summed E-state index contributed by atoms with van der Waals surface area (Å²) >= 11 is 0. The summed E-state index contributed by atoms with van der Waals surface area (Å²) in [5.74, 6) is -6.46. The number of hydrogen-bond donors (Lipinski definition) is 4. The minimum absolute atomic E-state index is 0.388. The third-order valence-corrected chi connectivity index (χ3v) is 8.53. The zero-order valence-electron chi connectivity index (χ0n) is 22.4. The van der Waals surface area contributed by atoms with Gasteiger partial charge in [-0.05, 0) is 46.2 Å². The molecule has 0 fully saturated rings. The Balaban J connectivity index is 0.000000168. The summed E-state index contributed by atoms with van der Waals surface area (Å²) in [7, 11) is 0. The number of rotatable bonds is 6. The van der Waals surface area contributed by atoms with Crippen LogP contribution in [-0.4, -0.2) is 44.3 Å². The van der Waals surface area contributed by atoms with E-state index in [1.54, 1.807) is 97.1 Å². The zero-order chi connectivity index (χ0) is 30.1. The van der Waals surface area contributed by atoms with Gasteiger partial charge in [0.15, 0.2) is 10.8 Å². The third kappa shape index (κ3) is 4.23. The van der Waals surface area contributed by atoms with E-state index in [1.807, 2.05) is 12.1 Å². The molecule has 0 aliphatic heterocycles. The van der Waals surface area contributed by atoms with Crippen LogP contribution in [0.2, 0.25) is 0 Å². The normalized spacial score (nSPS) is 19.0. The molecule has 0 bridgehead atoms. The van der Waals surface area contributed by atoms with Gasteiger partial charge in [-0.3, -0.25) is 19.2 Å². The third-order valence-electron chi connectivity index (χ3n) is 8.53. The van der Waals surface area contributed by atoms with Crippen molar-refractivity contribution in [3.8, 4) is 0 Å². The van der Waals surface area contributed by atoms with Gasteiger partial charge in [0.05, 0.1) is 0 Å². The molecule has 8 heteroatoms. The summed E-state index contributed by atoms with van der Waals surface area (Å²) in [5.41, 5.74) is -0.0161. The van der Waals surface area contributed by atoms with Gasteiger partial charge in [-0.2, -0.15) is 0 Å². The van der Waals surface area contributed by atoms with Crippen molar-refractivity contribution in [3.63, 3.8) is 0 Å². The minimum Gasteiger partial charge on any atom is -0.480 e. The van der Waals surface area contributed by atoms with E-state index < -0.39 is 46.5 Å². The molecule has 0 radical (unpaired) electrons. The standard InChI is InChI=1S/2C17H14O4/c2*18-15(19)17(16(20)21)13-9-5-4-8-12(13)10-14(17)11-6-2-1-3-7-11/h2*1-9,14H,10H2,(H,18,19)(H,20,21). The number of carboxylic acids is 4. The molecule has 4 aromatic rings. The lowest BCUT2D eigenvalue weighted by atomic mass is 9.72. The number of hydrogen-bond acceptors (Lipinski definition) is 4. The summed E-state index contributed by atoms with van der Waals surface area (Å²) in [5, 5.41) is 38.9. The maximum atomic E-state index is 11.9. The lowest BCUT2D eigenvalue weighted by Crippen LogP contribution is -2.46. The van der Waals surface area contributed by atoms with Crippen LogP contribution < -0.4 is 0 Å². The smallest absolute Gasteiger partial charge is 0.326 e. The second-order valence-corrected chi connectivity index (χ2v) is 10.5. The molecule has 0 aromatic heterocycles. The van der Waals surface area contributed by atoms with Crippen LogP contribution in [0, 0.1) is 0 Å². The van der Waals surface area contributed by atoms with Crippen LogP contribution in [0.25, 0.3) is 0 Å². The number of aliphatic carboxylic acids is 4. The van der Waals surface area contributed by atoms with E-state index >= 15 is 0 Å². The second-order valence-electron chi connectivity index (χ2n) is 10.5. The van der Waals surface area contributed by atoms with Crippen molar-refractivity contribution in [1.82, 2.24) is 0 Å². The van der Waals surface area contributed by atoms with E-state index in [0.29, 0.717) is 24.0 Å². The summed E-state index contributed by atoms with van der Waals surface area (Å²) in [4.78, 5) is 47.7. The SMILES string of the molecule is O=C(O)C1(C(=O)O)c2ccccc2CC1c1ccccc1.O=C(O)C1(C(=O)O)c2ccccc2CC1c1ccccc1. The van der Waals surface area contributed by atoms with Crippen LogP contribution in [0.4, 0.5) is 0 Å². The predicted molar refractivity (Wildman–Crippen MR) is 153 cm³/mol. The first-order chi connectivity index (χ1) is 20.2. The van der Waals surface area contributed by atoms with E-state index in [4.69, 9.17) is 0 Å². The highest BCUT2D eigenvalue weighted by Crippen LogP contribution is 2.50. The first-order valence-corrected chi connectivity index (χ1v) is 13.4. The molecule has 0 amide bonds. The monoisotopic (exact) mass is 564 g/mol. The van der Waals surface area contributed by atoms with Gasteiger partial charge in [-0.15, -0.1) is 0 Å². The molecule has 0 saturated carbocycles. The van der Waals surface area contributed by atoms with Crippen molar-refractivity contribution in [3.05, 3.63) is 143 Å². The quantitative estimate of drug-likeness (QED) is 0.243. The van der Waals surface area contributed by atoms with Crippen molar-refractivity contribution in [1.29, 1.82) is 0 Å². The average molecular weight is 565 g/mol. The van der Waals surface area contributed by atoms with E-state index in [0.717, 1.165) is 22.3 Å². The van der Waals surface area contributed by atoms with Gasteiger partial charge in [0, 0.05) is 11.8 Å². The first kappa shape index (κ1) is 28.3. The van der Waals surface area contributed by atoms with Crippen LogP contribution in [0.3, 0.4) is 0 Å². The molecular formula is C34H28O8. The molecule has 2 aliphatic rings. The van der Waals surface area contributed by atoms with Gasteiger partial charge in [-0.25, -0.2) is 0 Å². The highest BCUT2D eigenvalue weighted by molar-refractivity contribution is 6.08. The predicted octanol–water partition coefficient (Wildman–Crippen LogP) is 4.87. The highest BCUT2D eigenvalue weighted by Gasteiger charge is 2.60. The molecule has 6 rings (SSSR count). The molecule has 4 N–H and O–H groups in total. The fraction of sp³-hybridized carbons (Fsp3) is 0.176. The van der Waals surface area contributed by atoms with Gasteiger partial charge in [0.2, 0.25) is 0 Å². The lowest BCUT2D eigenvalue weighted by molar-refractivity contribution is -0.160. The van der Waals surface area contributed by atoms with E-state index in [1.165, 1.54) is 0 Å². The number of carboxylic acid groups (broad SMARTS) is 4. The second kappa shape index (κ2) is 11.0. The van der Waals surface area contributed by atoms with Crippen LogP contribution in [0.15, 0.2) is 109 Å². The molecule has 212 valence electrons. The summed E-state index contributed by atoms with van der Waals surface area (Å²) in [6.07, 6.45) is 0.831. The fourth-order valence-electron chi connectivity index (χ4n) is 6.63. The number of fused-ring (bicyclic) bond motifs is 2. The van der Waals surface area contributed by atoms with Crippen molar-refractivity contribution >= 4 is 23.9 Å². The Labute approximate surface area is 241 Å². The molecule has 42 heavy (non-hydrogen) atoms. The van der Waals surface area contributed by atoms with E-state index in [-0.39, 0.29) is 0 Å². The van der Waals surface area contributed by atoms with Crippen LogP contribution in [0.1, 0.15) is 45.2 Å². The Morgan fingerprint density at radius 3 is 1.05 bits per heavy atom. The fourth-order valence-corrected chi connectivity index (χ4v) is 6.63. The molecule has 0 saturated heterocycles. The Hall–Kier alpha value is -5.24. The van der Waals surface area contributed by atoms with Gasteiger partial charge in [0.1, 0.15) is 0 Å². The molecule has 0 spiro atoms. The van der Waals surface area contributed by atoms with Crippen molar-refractivity contribution in [2.24, 2.45) is 0 Å². The molecule has 8 nitrogen and oxygen atoms in total. The topological polar surface area (TPSA) is 149 Å². The molecule has 2 aliphatic carbocycles. The van der Waals surface area contributed by atoms with Gasteiger partial charge >= 0.3 is 23.9 Å². The first-order valence-electron chi connectivity index (χ1n) is 13.4. The van der Waals surface area contributed by atoms with Crippen molar-refractivity contribution in [2.75, 3.05) is 0 Å². The van der Waals surface area contributed by atoms with Gasteiger partial charge in [-0.1, -0.05) is 109 Å². The van der Waals surface area contributed by atoms with E-state index in [9.17, 15) is 39.6 Å². The van der Waals surface area contributed by atoms with Crippen LogP contribution in [-0.2, 0) is 42.8 Å². The van der Waals surface area contributed by atoms with E-state index in [2.05, 4.69) is 0 Å². The Kier molecular flexibility index (Phi) is 7.39. The maximum Gasteiger partial charge on any atom is 0.326 e. The Bertz CT molecular complexity index is 1510. The zero-order valence-corrected chi connectivity index (χ0v) is 22.4. The van der Waals surface area contributed by atoms with Gasteiger partial charge in [0.25, 0.3) is 0 Å². The van der Waals surface area contributed by atoms with Gasteiger partial charge < -0.3 is 20.4 Å². The molecule has 0 heterocycles. The average Bonchev–Trinajstić information content (AvgIpc) is 3.54. The molecule has 4 aromatic carbocycles. The van der Waals surface area contributed by atoms with Crippen LogP contribution >= 0.6 is 0 Å². The maximum absolute atomic E-state index is 11.9. The summed E-state index contributed by atoms with van der Waals surface area (Å²) in [6.45, 7) is 0. The molecule has 2 atom stereocenters.